The van der Waals surface area contributed by atoms with Gasteiger partial charge in [-0.3, -0.25) is 0 Å². The maximum Gasteiger partial charge on any atom is 0.344 e. The number of hydrogen-bond acceptors (Lipinski definition) is 4. The zero-order chi connectivity index (χ0) is 13.6. The number of allylic oxidation sites excluding steroid dienone is 5. The Balaban J connectivity index is 3.13. The Kier molecular flexibility index (Phi) is 4.89. The molecule has 0 saturated heterocycles. The highest BCUT2D eigenvalue weighted by Gasteiger charge is 2.28. The van der Waals surface area contributed by atoms with E-state index in [1.807, 2.05) is 31.2 Å². The van der Waals surface area contributed by atoms with Crippen molar-refractivity contribution in [2.24, 2.45) is 5.41 Å². The third kappa shape index (κ3) is 3.09. The van der Waals surface area contributed by atoms with Crippen molar-refractivity contribution in [3.63, 3.8) is 0 Å². The zero-order valence-electron chi connectivity index (χ0n) is 10.9. The van der Waals surface area contributed by atoms with E-state index < -0.39 is 11.9 Å². The normalized spacial score (nSPS) is 21.3. The second kappa shape index (κ2) is 6.19. The van der Waals surface area contributed by atoms with Gasteiger partial charge in [-0.15, -0.1) is 0 Å². The van der Waals surface area contributed by atoms with Crippen LogP contribution in [0.25, 0.3) is 0 Å². The molecule has 1 aliphatic rings. The second-order valence-electron chi connectivity index (χ2n) is 4.12. The largest absolute Gasteiger partial charge is 0.465 e. The van der Waals surface area contributed by atoms with Crippen LogP contribution in [0.15, 0.2) is 36.0 Å². The van der Waals surface area contributed by atoms with Crippen molar-refractivity contribution in [3.8, 4) is 0 Å². The molecule has 4 heteroatoms. The maximum atomic E-state index is 11.6. The fourth-order valence-electron chi connectivity index (χ4n) is 1.86. The van der Waals surface area contributed by atoms with Gasteiger partial charge in [0.15, 0.2) is 0 Å². The smallest absolute Gasteiger partial charge is 0.344 e. The van der Waals surface area contributed by atoms with Crippen molar-refractivity contribution in [3.05, 3.63) is 36.0 Å². The molecule has 0 spiro atoms. The van der Waals surface area contributed by atoms with Crippen LogP contribution >= 0.6 is 0 Å². The van der Waals surface area contributed by atoms with E-state index in [9.17, 15) is 9.59 Å². The molecule has 98 valence electrons. The van der Waals surface area contributed by atoms with E-state index in [-0.39, 0.29) is 11.0 Å². The lowest BCUT2D eigenvalue weighted by Crippen LogP contribution is -2.22. The van der Waals surface area contributed by atoms with Crippen LogP contribution < -0.4 is 0 Å². The quantitative estimate of drug-likeness (QED) is 0.332. The molecular weight excluding hydrogens is 232 g/mol. The zero-order valence-corrected chi connectivity index (χ0v) is 10.9. The average molecular weight is 250 g/mol. The Labute approximate surface area is 107 Å². The molecule has 1 rings (SSSR count). The van der Waals surface area contributed by atoms with Crippen molar-refractivity contribution in [1.29, 1.82) is 0 Å². The molecule has 1 aliphatic carbocycles. The predicted octanol–water partition coefficient (Wildman–Crippen LogP) is 2.17. The summed E-state index contributed by atoms with van der Waals surface area (Å²) in [5, 5.41) is 0. The van der Waals surface area contributed by atoms with E-state index in [1.165, 1.54) is 14.2 Å². The molecule has 0 amide bonds. The fourth-order valence-corrected chi connectivity index (χ4v) is 1.86. The van der Waals surface area contributed by atoms with Crippen LogP contribution in [-0.4, -0.2) is 26.2 Å². The van der Waals surface area contributed by atoms with Crippen LogP contribution in [0.4, 0.5) is 0 Å². The van der Waals surface area contributed by atoms with Crippen molar-refractivity contribution in [2.45, 2.75) is 19.8 Å². The van der Waals surface area contributed by atoms with Gasteiger partial charge in [-0.2, -0.15) is 0 Å². The minimum atomic E-state index is -0.669. The van der Waals surface area contributed by atoms with E-state index in [2.05, 4.69) is 9.47 Å². The molecule has 0 saturated carbocycles. The first-order valence-electron chi connectivity index (χ1n) is 5.82. The van der Waals surface area contributed by atoms with Gasteiger partial charge in [-0.25, -0.2) is 9.59 Å². The van der Waals surface area contributed by atoms with E-state index in [4.69, 9.17) is 0 Å². The van der Waals surface area contributed by atoms with Gasteiger partial charge in [0.1, 0.15) is 5.57 Å². The standard InChI is InChI=1S/C14H18O4/c1-4-14(8-6-5-7-9-14)10-11(12(15)17-2)13(16)18-3/h5-8,10H,4,9H2,1-3H3. The summed E-state index contributed by atoms with van der Waals surface area (Å²) in [5.41, 5.74) is -0.381. The van der Waals surface area contributed by atoms with Gasteiger partial charge in [0.2, 0.25) is 0 Å². The van der Waals surface area contributed by atoms with Gasteiger partial charge in [0.05, 0.1) is 14.2 Å². The Morgan fingerprint density at radius 1 is 1.22 bits per heavy atom. The number of carbonyl (C=O) groups excluding carboxylic acids is 2. The van der Waals surface area contributed by atoms with Gasteiger partial charge in [-0.1, -0.05) is 37.3 Å². The summed E-state index contributed by atoms with van der Waals surface area (Å²) in [5.74, 6) is -1.34. The van der Waals surface area contributed by atoms with Gasteiger partial charge < -0.3 is 9.47 Å². The highest BCUT2D eigenvalue weighted by atomic mass is 16.5. The van der Waals surface area contributed by atoms with Gasteiger partial charge in [0, 0.05) is 5.41 Å². The minimum Gasteiger partial charge on any atom is -0.465 e. The molecule has 18 heavy (non-hydrogen) atoms. The predicted molar refractivity (Wildman–Crippen MR) is 67.7 cm³/mol. The lowest BCUT2D eigenvalue weighted by molar-refractivity contribution is -0.144. The molecule has 0 radical (unpaired) electrons. The Hall–Kier alpha value is -1.84. The lowest BCUT2D eigenvalue weighted by Gasteiger charge is -2.26. The number of rotatable bonds is 4. The highest BCUT2D eigenvalue weighted by molar-refractivity contribution is 6.14. The number of hydrogen-bond donors (Lipinski definition) is 0. The molecular formula is C14H18O4. The monoisotopic (exact) mass is 250 g/mol. The summed E-state index contributed by atoms with van der Waals surface area (Å²) >= 11 is 0. The van der Waals surface area contributed by atoms with Crippen LogP contribution in [0.1, 0.15) is 19.8 Å². The van der Waals surface area contributed by atoms with Gasteiger partial charge >= 0.3 is 11.9 Å². The van der Waals surface area contributed by atoms with Crippen molar-refractivity contribution >= 4 is 11.9 Å². The van der Waals surface area contributed by atoms with Crippen LogP contribution in [0.3, 0.4) is 0 Å². The van der Waals surface area contributed by atoms with Crippen LogP contribution in [0.2, 0.25) is 0 Å². The Morgan fingerprint density at radius 2 is 1.83 bits per heavy atom. The summed E-state index contributed by atoms with van der Waals surface area (Å²) in [7, 11) is 2.49. The maximum absolute atomic E-state index is 11.6. The average Bonchev–Trinajstić information content (AvgIpc) is 2.44. The number of ether oxygens (including phenoxy) is 2. The first-order valence-corrected chi connectivity index (χ1v) is 5.82. The molecule has 0 aliphatic heterocycles. The molecule has 0 aromatic carbocycles. The summed E-state index contributed by atoms with van der Waals surface area (Å²) < 4.78 is 9.23. The molecule has 1 unspecified atom stereocenters. The molecule has 0 aromatic heterocycles. The number of carbonyl (C=O) groups is 2. The van der Waals surface area contributed by atoms with E-state index in [0.29, 0.717) is 0 Å². The number of esters is 2. The van der Waals surface area contributed by atoms with E-state index in [0.717, 1.165) is 12.8 Å². The third-order valence-electron chi connectivity index (χ3n) is 3.07. The minimum absolute atomic E-state index is 0.0539. The first-order chi connectivity index (χ1) is 8.58. The summed E-state index contributed by atoms with van der Waals surface area (Å²) in [6.45, 7) is 2.01. The van der Waals surface area contributed by atoms with Crippen molar-refractivity contribution < 1.29 is 19.1 Å². The molecule has 0 heterocycles. The third-order valence-corrected chi connectivity index (χ3v) is 3.07. The van der Waals surface area contributed by atoms with Gasteiger partial charge in [0.25, 0.3) is 0 Å². The second-order valence-corrected chi connectivity index (χ2v) is 4.12. The molecule has 1 atom stereocenters. The molecule has 0 fully saturated rings. The SMILES string of the molecule is CCC1(C=C(C(=O)OC)C(=O)OC)C=CC=CC1. The van der Waals surface area contributed by atoms with Crippen LogP contribution in [-0.2, 0) is 19.1 Å². The van der Waals surface area contributed by atoms with Crippen LogP contribution in [0.5, 0.6) is 0 Å². The lowest BCUT2D eigenvalue weighted by atomic mass is 9.78. The van der Waals surface area contributed by atoms with Crippen molar-refractivity contribution in [2.75, 3.05) is 14.2 Å². The summed E-state index contributed by atoms with van der Waals surface area (Å²) in [6.07, 6.45) is 11.0. The van der Waals surface area contributed by atoms with Crippen LogP contribution in [0, 0.1) is 5.41 Å². The Morgan fingerprint density at radius 3 is 2.22 bits per heavy atom. The Bertz CT molecular complexity index is 400. The fraction of sp³-hybridized carbons (Fsp3) is 0.429. The van der Waals surface area contributed by atoms with E-state index >= 15 is 0 Å². The van der Waals surface area contributed by atoms with Gasteiger partial charge in [-0.05, 0) is 12.8 Å². The highest BCUT2D eigenvalue weighted by Crippen LogP contribution is 2.34. The topological polar surface area (TPSA) is 52.6 Å². The molecule has 0 bridgehead atoms. The first kappa shape index (κ1) is 14.2. The molecule has 0 aromatic rings. The molecule has 0 N–H and O–H groups in total. The van der Waals surface area contributed by atoms with Crippen molar-refractivity contribution in [1.82, 2.24) is 0 Å². The summed E-state index contributed by atoms with van der Waals surface area (Å²) in [6, 6.07) is 0. The summed E-state index contributed by atoms with van der Waals surface area (Å²) in [4.78, 5) is 23.2. The number of methoxy groups -OCH3 is 2. The molecule has 4 nitrogen and oxygen atoms in total. The van der Waals surface area contributed by atoms with E-state index in [1.54, 1.807) is 6.08 Å².